The predicted octanol–water partition coefficient (Wildman–Crippen LogP) is 1.73. The van der Waals surface area contributed by atoms with Crippen molar-refractivity contribution >= 4 is 33.0 Å². The fourth-order valence-corrected chi connectivity index (χ4v) is 2.42. The van der Waals surface area contributed by atoms with Gasteiger partial charge in [-0.2, -0.15) is 5.10 Å². The van der Waals surface area contributed by atoms with Crippen LogP contribution in [0.2, 0.25) is 5.15 Å². The molecule has 0 atom stereocenters. The van der Waals surface area contributed by atoms with Crippen molar-refractivity contribution in [3.63, 3.8) is 0 Å². The molecule has 106 valence electrons. The van der Waals surface area contributed by atoms with E-state index in [9.17, 15) is 13.2 Å². The SMILES string of the molecule is Cn1ncc(C(=O)Nc2cccc(S(C)(=O)=O)c2)c1Cl. The molecule has 6 nitrogen and oxygen atoms in total. The Balaban J connectivity index is 2.27. The third-order valence-corrected chi connectivity index (χ3v) is 4.19. The van der Waals surface area contributed by atoms with E-state index in [2.05, 4.69) is 10.4 Å². The number of nitrogens with one attached hydrogen (secondary N) is 1. The molecular formula is C12H12ClN3O3S. The van der Waals surface area contributed by atoms with Crippen molar-refractivity contribution in [2.24, 2.45) is 7.05 Å². The quantitative estimate of drug-likeness (QED) is 0.935. The van der Waals surface area contributed by atoms with Crippen LogP contribution in [-0.4, -0.2) is 30.4 Å². The molecule has 8 heteroatoms. The highest BCUT2D eigenvalue weighted by Crippen LogP contribution is 2.19. The van der Waals surface area contributed by atoms with Crippen molar-refractivity contribution < 1.29 is 13.2 Å². The van der Waals surface area contributed by atoms with Gasteiger partial charge in [-0.1, -0.05) is 17.7 Å². The van der Waals surface area contributed by atoms with Gasteiger partial charge in [-0.05, 0) is 18.2 Å². The average molecular weight is 314 g/mol. The van der Waals surface area contributed by atoms with Crippen LogP contribution in [0.1, 0.15) is 10.4 Å². The number of sulfone groups is 1. The molecule has 1 aromatic heterocycles. The number of rotatable bonds is 3. The highest BCUT2D eigenvalue weighted by Gasteiger charge is 2.15. The second-order valence-electron chi connectivity index (χ2n) is 4.23. The van der Waals surface area contributed by atoms with Crippen LogP contribution in [0.15, 0.2) is 35.4 Å². The van der Waals surface area contributed by atoms with Crippen molar-refractivity contribution in [1.29, 1.82) is 0 Å². The summed E-state index contributed by atoms with van der Waals surface area (Å²) in [4.78, 5) is 12.1. The molecule has 0 aliphatic carbocycles. The number of amides is 1. The lowest BCUT2D eigenvalue weighted by Crippen LogP contribution is -2.12. The lowest BCUT2D eigenvalue weighted by atomic mass is 10.3. The van der Waals surface area contributed by atoms with Crippen LogP contribution in [0, 0.1) is 0 Å². The normalized spacial score (nSPS) is 11.3. The molecule has 20 heavy (non-hydrogen) atoms. The van der Waals surface area contributed by atoms with Crippen molar-refractivity contribution in [3.8, 4) is 0 Å². The fourth-order valence-electron chi connectivity index (χ4n) is 1.58. The molecule has 0 bridgehead atoms. The molecular weight excluding hydrogens is 302 g/mol. The van der Waals surface area contributed by atoms with E-state index >= 15 is 0 Å². The van der Waals surface area contributed by atoms with Gasteiger partial charge >= 0.3 is 0 Å². The summed E-state index contributed by atoms with van der Waals surface area (Å²) >= 11 is 5.92. The molecule has 1 amide bonds. The summed E-state index contributed by atoms with van der Waals surface area (Å²) in [5.74, 6) is -0.450. The zero-order valence-electron chi connectivity index (χ0n) is 10.8. The van der Waals surface area contributed by atoms with Gasteiger partial charge in [0.1, 0.15) is 5.15 Å². The van der Waals surface area contributed by atoms with Gasteiger partial charge in [0.25, 0.3) is 5.91 Å². The minimum absolute atomic E-state index is 0.132. The summed E-state index contributed by atoms with van der Waals surface area (Å²) in [6.07, 6.45) is 2.45. The number of carbonyl (C=O) groups excluding carboxylic acids is 1. The van der Waals surface area contributed by atoms with Crippen LogP contribution in [-0.2, 0) is 16.9 Å². The lowest BCUT2D eigenvalue weighted by Gasteiger charge is -2.06. The number of aromatic nitrogens is 2. The van der Waals surface area contributed by atoms with Crippen LogP contribution in [0.25, 0.3) is 0 Å². The van der Waals surface area contributed by atoms with E-state index in [4.69, 9.17) is 11.6 Å². The third kappa shape index (κ3) is 3.00. The van der Waals surface area contributed by atoms with Gasteiger partial charge in [0.2, 0.25) is 0 Å². The number of benzene rings is 1. The maximum atomic E-state index is 12.0. The number of carbonyl (C=O) groups is 1. The van der Waals surface area contributed by atoms with Crippen LogP contribution < -0.4 is 5.32 Å². The van der Waals surface area contributed by atoms with E-state index in [0.29, 0.717) is 5.69 Å². The molecule has 0 aliphatic heterocycles. The number of anilines is 1. The minimum atomic E-state index is -3.32. The summed E-state index contributed by atoms with van der Waals surface area (Å²) < 4.78 is 24.3. The number of hydrogen-bond donors (Lipinski definition) is 1. The molecule has 0 spiro atoms. The molecule has 2 aromatic rings. The molecule has 0 unspecified atom stereocenters. The fraction of sp³-hybridized carbons (Fsp3) is 0.167. The Morgan fingerprint density at radius 2 is 2.10 bits per heavy atom. The van der Waals surface area contributed by atoms with Gasteiger partial charge < -0.3 is 5.32 Å². The number of hydrogen-bond acceptors (Lipinski definition) is 4. The van der Waals surface area contributed by atoms with E-state index < -0.39 is 15.7 Å². The summed E-state index contributed by atoms with van der Waals surface area (Å²) in [6.45, 7) is 0. The van der Waals surface area contributed by atoms with Crippen LogP contribution in [0.5, 0.6) is 0 Å². The Morgan fingerprint density at radius 1 is 1.40 bits per heavy atom. The Labute approximate surface area is 121 Å². The van der Waals surface area contributed by atoms with Crippen LogP contribution in [0.3, 0.4) is 0 Å². The first-order valence-corrected chi connectivity index (χ1v) is 7.85. The monoisotopic (exact) mass is 313 g/mol. The molecule has 1 heterocycles. The second kappa shape index (κ2) is 5.26. The minimum Gasteiger partial charge on any atom is -0.322 e. The van der Waals surface area contributed by atoms with E-state index in [1.54, 1.807) is 19.2 Å². The van der Waals surface area contributed by atoms with Crippen molar-refractivity contribution in [2.75, 3.05) is 11.6 Å². The summed E-state index contributed by atoms with van der Waals surface area (Å²) in [5.41, 5.74) is 0.594. The molecule has 0 aliphatic rings. The van der Waals surface area contributed by atoms with E-state index in [-0.39, 0.29) is 15.6 Å². The Kier molecular flexibility index (Phi) is 3.82. The molecule has 0 saturated carbocycles. The van der Waals surface area contributed by atoms with Gasteiger partial charge in [0, 0.05) is 19.0 Å². The van der Waals surface area contributed by atoms with Crippen molar-refractivity contribution in [1.82, 2.24) is 9.78 Å². The summed E-state index contributed by atoms with van der Waals surface area (Å²) in [5, 5.41) is 6.66. The smallest absolute Gasteiger partial charge is 0.260 e. The van der Waals surface area contributed by atoms with Gasteiger partial charge in [-0.25, -0.2) is 8.42 Å². The molecule has 0 fully saturated rings. The Morgan fingerprint density at radius 3 is 2.65 bits per heavy atom. The van der Waals surface area contributed by atoms with E-state index in [1.165, 1.54) is 23.0 Å². The molecule has 0 saturated heterocycles. The Bertz CT molecular complexity index is 768. The maximum absolute atomic E-state index is 12.0. The topological polar surface area (TPSA) is 81.1 Å². The second-order valence-corrected chi connectivity index (χ2v) is 6.60. The molecule has 0 radical (unpaired) electrons. The lowest BCUT2D eigenvalue weighted by molar-refractivity contribution is 0.102. The highest BCUT2D eigenvalue weighted by molar-refractivity contribution is 7.90. The van der Waals surface area contributed by atoms with Gasteiger partial charge in [-0.15, -0.1) is 0 Å². The summed E-state index contributed by atoms with van der Waals surface area (Å²) in [7, 11) is -1.71. The van der Waals surface area contributed by atoms with Crippen molar-refractivity contribution in [2.45, 2.75) is 4.90 Å². The maximum Gasteiger partial charge on any atom is 0.260 e. The zero-order valence-corrected chi connectivity index (χ0v) is 12.4. The zero-order chi connectivity index (χ0) is 14.9. The largest absolute Gasteiger partial charge is 0.322 e. The van der Waals surface area contributed by atoms with Crippen LogP contribution in [0.4, 0.5) is 5.69 Å². The van der Waals surface area contributed by atoms with Crippen molar-refractivity contribution in [3.05, 3.63) is 41.2 Å². The van der Waals surface area contributed by atoms with Gasteiger partial charge in [0.15, 0.2) is 9.84 Å². The molecule has 1 aromatic carbocycles. The molecule has 2 rings (SSSR count). The number of aryl methyl sites for hydroxylation is 1. The Hall–Kier alpha value is -1.86. The standard InChI is InChI=1S/C12H12ClN3O3S/c1-16-11(13)10(7-14-16)12(17)15-8-4-3-5-9(6-8)20(2,18)19/h3-7H,1-2H3,(H,15,17). The van der Waals surface area contributed by atoms with Crippen LogP contribution >= 0.6 is 11.6 Å². The average Bonchev–Trinajstić information content (AvgIpc) is 2.69. The third-order valence-electron chi connectivity index (χ3n) is 2.63. The predicted molar refractivity (Wildman–Crippen MR) is 75.7 cm³/mol. The number of nitrogens with zero attached hydrogens (tertiary/aromatic N) is 2. The number of halogens is 1. The van der Waals surface area contributed by atoms with Gasteiger partial charge in [0.05, 0.1) is 16.7 Å². The highest BCUT2D eigenvalue weighted by atomic mass is 35.5. The first kappa shape index (κ1) is 14.5. The van der Waals surface area contributed by atoms with E-state index in [1.807, 2.05) is 0 Å². The first-order valence-electron chi connectivity index (χ1n) is 5.58. The van der Waals surface area contributed by atoms with Gasteiger partial charge in [-0.3, -0.25) is 9.48 Å². The molecule has 1 N–H and O–H groups in total. The van der Waals surface area contributed by atoms with E-state index in [0.717, 1.165) is 6.26 Å². The first-order chi connectivity index (χ1) is 9.29. The summed E-state index contributed by atoms with van der Waals surface area (Å²) in [6, 6.07) is 5.99.